The van der Waals surface area contributed by atoms with E-state index in [1.165, 1.54) is 0 Å². The standard InChI is InChI=1S/C14H19N3O/c1-10(2)9-16-14(15)17-12-7-8-18-13-6-4-3-5-11(12)13/h3-6,12H,1,7-9H2,2H3,(H3,15,16,17). The Morgan fingerprint density at radius 3 is 3.11 bits per heavy atom. The molecule has 1 aliphatic rings. The summed E-state index contributed by atoms with van der Waals surface area (Å²) < 4.78 is 5.60. The molecular weight excluding hydrogens is 226 g/mol. The van der Waals surface area contributed by atoms with Gasteiger partial charge in [0.2, 0.25) is 0 Å². The van der Waals surface area contributed by atoms with Crippen molar-refractivity contribution in [2.75, 3.05) is 13.2 Å². The minimum atomic E-state index is 0.170. The van der Waals surface area contributed by atoms with Gasteiger partial charge in [-0.25, -0.2) is 4.99 Å². The summed E-state index contributed by atoms with van der Waals surface area (Å²) in [6.45, 7) is 6.99. The van der Waals surface area contributed by atoms with Crippen molar-refractivity contribution in [3.63, 3.8) is 0 Å². The van der Waals surface area contributed by atoms with Crippen LogP contribution in [0.1, 0.15) is 24.9 Å². The van der Waals surface area contributed by atoms with E-state index in [2.05, 4.69) is 23.0 Å². The zero-order valence-corrected chi connectivity index (χ0v) is 10.6. The molecule has 96 valence electrons. The third-order valence-electron chi connectivity index (χ3n) is 2.80. The van der Waals surface area contributed by atoms with Gasteiger partial charge in [0.15, 0.2) is 5.96 Å². The summed E-state index contributed by atoms with van der Waals surface area (Å²) in [5.74, 6) is 1.38. The third kappa shape index (κ3) is 3.03. The fourth-order valence-corrected chi connectivity index (χ4v) is 1.94. The zero-order chi connectivity index (χ0) is 13.0. The Bertz CT molecular complexity index is 468. The normalized spacial score (nSPS) is 18.7. The van der Waals surface area contributed by atoms with Crippen molar-refractivity contribution in [2.45, 2.75) is 19.4 Å². The lowest BCUT2D eigenvalue weighted by Gasteiger charge is -2.26. The highest BCUT2D eigenvalue weighted by molar-refractivity contribution is 5.78. The molecule has 4 nitrogen and oxygen atoms in total. The van der Waals surface area contributed by atoms with Gasteiger partial charge < -0.3 is 15.8 Å². The van der Waals surface area contributed by atoms with Crippen LogP contribution in [-0.4, -0.2) is 19.1 Å². The Kier molecular flexibility index (Phi) is 3.87. The Hall–Kier alpha value is -1.97. The van der Waals surface area contributed by atoms with E-state index in [0.29, 0.717) is 19.1 Å². The van der Waals surface area contributed by atoms with Crippen LogP contribution in [0.3, 0.4) is 0 Å². The smallest absolute Gasteiger partial charge is 0.189 e. The van der Waals surface area contributed by atoms with Gasteiger partial charge in [-0.3, -0.25) is 0 Å². The summed E-state index contributed by atoms with van der Waals surface area (Å²) in [7, 11) is 0. The van der Waals surface area contributed by atoms with Gasteiger partial charge in [0, 0.05) is 12.0 Å². The average Bonchev–Trinajstić information content (AvgIpc) is 2.37. The monoisotopic (exact) mass is 245 g/mol. The van der Waals surface area contributed by atoms with Gasteiger partial charge in [-0.2, -0.15) is 0 Å². The van der Waals surface area contributed by atoms with Crippen molar-refractivity contribution in [1.29, 1.82) is 0 Å². The lowest BCUT2D eigenvalue weighted by molar-refractivity contribution is 0.262. The zero-order valence-electron chi connectivity index (χ0n) is 10.6. The SMILES string of the molecule is C=C(C)CN=C(N)NC1CCOc2ccccc21. The molecule has 0 fully saturated rings. The molecule has 3 N–H and O–H groups in total. The number of ether oxygens (including phenoxy) is 1. The maximum Gasteiger partial charge on any atom is 0.189 e. The molecule has 1 aromatic carbocycles. The van der Waals surface area contributed by atoms with Crippen LogP contribution >= 0.6 is 0 Å². The van der Waals surface area contributed by atoms with Crippen molar-refractivity contribution >= 4 is 5.96 Å². The molecular formula is C14H19N3O. The van der Waals surface area contributed by atoms with Crippen molar-refractivity contribution < 1.29 is 4.74 Å². The first-order valence-corrected chi connectivity index (χ1v) is 6.09. The van der Waals surface area contributed by atoms with Gasteiger partial charge in [-0.1, -0.05) is 30.4 Å². The fraction of sp³-hybridized carbons (Fsp3) is 0.357. The van der Waals surface area contributed by atoms with E-state index in [0.717, 1.165) is 23.3 Å². The van der Waals surface area contributed by atoms with E-state index in [9.17, 15) is 0 Å². The molecule has 0 saturated carbocycles. The molecule has 2 rings (SSSR count). The van der Waals surface area contributed by atoms with Crippen LogP contribution in [0.2, 0.25) is 0 Å². The predicted octanol–water partition coefficient (Wildman–Crippen LogP) is 1.99. The number of benzene rings is 1. The van der Waals surface area contributed by atoms with E-state index in [1.807, 2.05) is 25.1 Å². The van der Waals surface area contributed by atoms with Gasteiger partial charge in [0.1, 0.15) is 5.75 Å². The lowest BCUT2D eigenvalue weighted by Crippen LogP contribution is -2.37. The highest BCUT2D eigenvalue weighted by Gasteiger charge is 2.20. The molecule has 1 atom stereocenters. The highest BCUT2D eigenvalue weighted by atomic mass is 16.5. The van der Waals surface area contributed by atoms with E-state index in [-0.39, 0.29) is 6.04 Å². The minimum absolute atomic E-state index is 0.170. The Balaban J connectivity index is 2.07. The third-order valence-corrected chi connectivity index (χ3v) is 2.80. The molecule has 18 heavy (non-hydrogen) atoms. The largest absolute Gasteiger partial charge is 0.493 e. The average molecular weight is 245 g/mol. The maximum absolute atomic E-state index is 5.87. The first-order valence-electron chi connectivity index (χ1n) is 6.09. The van der Waals surface area contributed by atoms with Crippen molar-refractivity contribution in [3.05, 3.63) is 42.0 Å². The van der Waals surface area contributed by atoms with E-state index in [4.69, 9.17) is 10.5 Å². The molecule has 1 unspecified atom stereocenters. The van der Waals surface area contributed by atoms with Crippen LogP contribution < -0.4 is 15.8 Å². The summed E-state index contributed by atoms with van der Waals surface area (Å²) in [5.41, 5.74) is 8.00. The van der Waals surface area contributed by atoms with Crippen molar-refractivity contribution in [1.82, 2.24) is 5.32 Å². The minimum Gasteiger partial charge on any atom is -0.493 e. The second-order valence-electron chi connectivity index (χ2n) is 4.53. The second kappa shape index (κ2) is 5.58. The number of hydrogen-bond acceptors (Lipinski definition) is 2. The molecule has 1 aromatic rings. The highest BCUT2D eigenvalue weighted by Crippen LogP contribution is 2.31. The topological polar surface area (TPSA) is 59.6 Å². The molecule has 0 aliphatic carbocycles. The molecule has 0 radical (unpaired) electrons. The summed E-state index contributed by atoms with van der Waals surface area (Å²) in [5, 5.41) is 3.24. The lowest BCUT2D eigenvalue weighted by atomic mass is 10.0. The number of fused-ring (bicyclic) bond motifs is 1. The number of nitrogens with two attached hydrogens (primary N) is 1. The second-order valence-corrected chi connectivity index (χ2v) is 4.53. The number of nitrogens with one attached hydrogen (secondary N) is 1. The molecule has 0 aromatic heterocycles. The molecule has 4 heteroatoms. The van der Waals surface area contributed by atoms with Crippen LogP contribution in [0.25, 0.3) is 0 Å². The molecule has 0 spiro atoms. The number of hydrogen-bond donors (Lipinski definition) is 2. The molecule has 1 heterocycles. The van der Waals surface area contributed by atoms with Gasteiger partial charge in [0.05, 0.1) is 19.2 Å². The summed E-state index contributed by atoms with van der Waals surface area (Å²) in [4.78, 5) is 4.23. The van der Waals surface area contributed by atoms with Crippen LogP contribution in [0.4, 0.5) is 0 Å². The van der Waals surface area contributed by atoms with Gasteiger partial charge in [0.25, 0.3) is 0 Å². The Labute approximate surface area is 108 Å². The molecule has 0 saturated heterocycles. The molecule has 0 amide bonds. The van der Waals surface area contributed by atoms with Gasteiger partial charge in [-0.15, -0.1) is 0 Å². The summed E-state index contributed by atoms with van der Waals surface area (Å²) in [6.07, 6.45) is 0.889. The van der Waals surface area contributed by atoms with E-state index < -0.39 is 0 Å². The van der Waals surface area contributed by atoms with Crippen LogP contribution in [0.15, 0.2) is 41.4 Å². The van der Waals surface area contributed by atoms with Crippen molar-refractivity contribution in [2.24, 2.45) is 10.7 Å². The van der Waals surface area contributed by atoms with E-state index >= 15 is 0 Å². The van der Waals surface area contributed by atoms with E-state index in [1.54, 1.807) is 0 Å². The van der Waals surface area contributed by atoms with Crippen LogP contribution in [0, 0.1) is 0 Å². The first kappa shape index (κ1) is 12.5. The predicted molar refractivity (Wildman–Crippen MR) is 73.7 cm³/mol. The maximum atomic E-state index is 5.87. The van der Waals surface area contributed by atoms with Crippen molar-refractivity contribution in [3.8, 4) is 5.75 Å². The number of rotatable bonds is 3. The Morgan fingerprint density at radius 2 is 2.33 bits per heavy atom. The Morgan fingerprint density at radius 1 is 1.56 bits per heavy atom. The summed E-state index contributed by atoms with van der Waals surface area (Å²) >= 11 is 0. The van der Waals surface area contributed by atoms with Crippen LogP contribution in [0.5, 0.6) is 5.75 Å². The van der Waals surface area contributed by atoms with Gasteiger partial charge >= 0.3 is 0 Å². The summed E-state index contributed by atoms with van der Waals surface area (Å²) in [6, 6.07) is 8.18. The molecule has 0 bridgehead atoms. The fourth-order valence-electron chi connectivity index (χ4n) is 1.94. The van der Waals surface area contributed by atoms with Gasteiger partial charge in [-0.05, 0) is 13.0 Å². The molecule has 1 aliphatic heterocycles. The van der Waals surface area contributed by atoms with Crippen LogP contribution in [-0.2, 0) is 0 Å². The number of guanidine groups is 1. The number of aliphatic imine (C=N–C) groups is 1. The first-order chi connectivity index (χ1) is 8.66. The quantitative estimate of drug-likeness (QED) is 0.486. The number of nitrogens with zero attached hydrogens (tertiary/aromatic N) is 1. The number of para-hydroxylation sites is 1.